The number of nitrogens with one attached hydrogen (secondary N) is 1. The first-order chi connectivity index (χ1) is 14.8. The molecule has 31 heavy (non-hydrogen) atoms. The van der Waals surface area contributed by atoms with Crippen molar-refractivity contribution in [3.63, 3.8) is 0 Å². The first-order valence-corrected chi connectivity index (χ1v) is 9.23. The minimum absolute atomic E-state index is 0.0800. The number of amides is 1. The Bertz CT molecular complexity index is 1070. The Morgan fingerprint density at radius 1 is 0.903 bits per heavy atom. The molecule has 8 heteroatoms. The number of carbonyl (C=O) groups excluding carboxylic acids is 1. The number of anilines is 1. The summed E-state index contributed by atoms with van der Waals surface area (Å²) in [4.78, 5) is 12.6. The highest BCUT2D eigenvalue weighted by Gasteiger charge is 2.33. The van der Waals surface area contributed by atoms with Gasteiger partial charge in [-0.05, 0) is 42.5 Å². The molecular weight excluding hydrogens is 411 g/mol. The fourth-order valence-corrected chi connectivity index (χ4v) is 2.92. The minimum atomic E-state index is -4.58. The maximum atomic E-state index is 13.2. The maximum absolute atomic E-state index is 13.2. The zero-order valence-electron chi connectivity index (χ0n) is 16.8. The lowest BCUT2D eigenvalue weighted by Crippen LogP contribution is -2.17. The van der Waals surface area contributed by atoms with E-state index in [1.165, 1.54) is 37.4 Å². The van der Waals surface area contributed by atoms with Crippen LogP contribution in [0.15, 0.2) is 66.7 Å². The number of hydrogen-bond acceptors (Lipinski definition) is 4. The molecular formula is C23H20F3NO4. The Morgan fingerprint density at radius 3 is 2.35 bits per heavy atom. The van der Waals surface area contributed by atoms with Crippen molar-refractivity contribution in [1.29, 1.82) is 0 Å². The van der Waals surface area contributed by atoms with E-state index < -0.39 is 17.6 Å². The second-order valence-corrected chi connectivity index (χ2v) is 6.49. The third-order valence-corrected chi connectivity index (χ3v) is 4.46. The summed E-state index contributed by atoms with van der Waals surface area (Å²) in [5.74, 6) is 0.980. The van der Waals surface area contributed by atoms with E-state index in [1.807, 2.05) is 0 Å². The van der Waals surface area contributed by atoms with Gasteiger partial charge in [-0.1, -0.05) is 18.2 Å². The van der Waals surface area contributed by atoms with E-state index in [0.29, 0.717) is 22.8 Å². The van der Waals surface area contributed by atoms with Crippen LogP contribution in [0.1, 0.15) is 21.5 Å². The predicted molar refractivity (Wildman–Crippen MR) is 110 cm³/mol. The highest BCUT2D eigenvalue weighted by molar-refractivity contribution is 6.05. The molecule has 0 atom stereocenters. The topological polar surface area (TPSA) is 56.8 Å². The molecule has 0 aliphatic rings. The molecule has 3 aromatic rings. The Kier molecular flexibility index (Phi) is 6.69. The van der Waals surface area contributed by atoms with Gasteiger partial charge in [0.05, 0.1) is 25.5 Å². The summed E-state index contributed by atoms with van der Waals surface area (Å²) >= 11 is 0. The van der Waals surface area contributed by atoms with E-state index in [4.69, 9.17) is 14.2 Å². The van der Waals surface area contributed by atoms with Gasteiger partial charge in [0.25, 0.3) is 5.91 Å². The van der Waals surface area contributed by atoms with Crippen LogP contribution in [0.5, 0.6) is 17.2 Å². The van der Waals surface area contributed by atoms with Crippen molar-refractivity contribution in [1.82, 2.24) is 0 Å². The van der Waals surface area contributed by atoms with E-state index in [9.17, 15) is 18.0 Å². The third kappa shape index (κ3) is 5.48. The van der Waals surface area contributed by atoms with Gasteiger partial charge in [0.1, 0.15) is 23.9 Å². The van der Waals surface area contributed by atoms with Crippen LogP contribution in [-0.4, -0.2) is 20.1 Å². The number of carbonyl (C=O) groups is 1. The molecule has 0 heterocycles. The van der Waals surface area contributed by atoms with Crippen molar-refractivity contribution in [2.75, 3.05) is 19.5 Å². The van der Waals surface area contributed by atoms with Crippen molar-refractivity contribution >= 4 is 11.6 Å². The van der Waals surface area contributed by atoms with Gasteiger partial charge in [-0.2, -0.15) is 13.2 Å². The minimum Gasteiger partial charge on any atom is -0.497 e. The molecule has 0 aliphatic heterocycles. The lowest BCUT2D eigenvalue weighted by atomic mass is 10.1. The SMILES string of the molecule is COc1cccc(OCc2cc(C(=O)Nc3ccccc3C(F)(F)F)ccc2OC)c1. The molecule has 0 unspecified atom stereocenters. The standard InChI is InChI=1S/C23H20F3NO4/c1-29-17-6-5-7-18(13-17)31-14-16-12-15(10-11-21(16)30-2)22(28)27-20-9-4-3-8-19(20)23(24,25)26/h3-13H,14H2,1-2H3,(H,27,28). The molecule has 162 valence electrons. The average Bonchev–Trinajstić information content (AvgIpc) is 2.77. The van der Waals surface area contributed by atoms with Crippen LogP contribution < -0.4 is 19.5 Å². The average molecular weight is 431 g/mol. The van der Waals surface area contributed by atoms with Gasteiger partial charge in [-0.25, -0.2) is 0 Å². The molecule has 1 N–H and O–H groups in total. The fraction of sp³-hybridized carbons (Fsp3) is 0.174. The molecule has 0 saturated carbocycles. The number of ether oxygens (including phenoxy) is 3. The van der Waals surface area contributed by atoms with Crippen LogP contribution in [0.25, 0.3) is 0 Å². The number of methoxy groups -OCH3 is 2. The number of halogens is 3. The summed E-state index contributed by atoms with van der Waals surface area (Å²) in [5, 5.41) is 2.33. The molecule has 0 fully saturated rings. The molecule has 3 aromatic carbocycles. The van der Waals surface area contributed by atoms with Gasteiger partial charge in [0.15, 0.2) is 0 Å². The van der Waals surface area contributed by atoms with Gasteiger partial charge in [0, 0.05) is 17.2 Å². The molecule has 0 aliphatic carbocycles. The highest BCUT2D eigenvalue weighted by atomic mass is 19.4. The Balaban J connectivity index is 1.80. The zero-order chi connectivity index (χ0) is 22.4. The van der Waals surface area contributed by atoms with Crippen LogP contribution in [0, 0.1) is 0 Å². The fourth-order valence-electron chi connectivity index (χ4n) is 2.92. The first kappa shape index (κ1) is 22.0. The van der Waals surface area contributed by atoms with Crippen molar-refractivity contribution < 1.29 is 32.2 Å². The molecule has 3 rings (SSSR count). The predicted octanol–water partition coefficient (Wildman–Crippen LogP) is 5.55. The molecule has 5 nitrogen and oxygen atoms in total. The van der Waals surface area contributed by atoms with Gasteiger partial charge >= 0.3 is 6.18 Å². The number of hydrogen-bond donors (Lipinski definition) is 1. The van der Waals surface area contributed by atoms with Crippen LogP contribution in [-0.2, 0) is 12.8 Å². The van der Waals surface area contributed by atoms with E-state index in [1.54, 1.807) is 37.4 Å². The largest absolute Gasteiger partial charge is 0.497 e. The van der Waals surface area contributed by atoms with Crippen molar-refractivity contribution in [2.24, 2.45) is 0 Å². The number of alkyl halides is 3. The van der Waals surface area contributed by atoms with E-state index in [2.05, 4.69) is 5.32 Å². The Labute approximate surface area is 177 Å². The van der Waals surface area contributed by atoms with Crippen molar-refractivity contribution in [2.45, 2.75) is 12.8 Å². The van der Waals surface area contributed by atoms with E-state index in [0.717, 1.165) is 6.07 Å². The maximum Gasteiger partial charge on any atom is 0.418 e. The second kappa shape index (κ2) is 9.42. The molecule has 0 bridgehead atoms. The summed E-state index contributed by atoms with van der Waals surface area (Å²) in [5.41, 5.74) is -0.507. The summed E-state index contributed by atoms with van der Waals surface area (Å²) in [6.07, 6.45) is -4.58. The Morgan fingerprint density at radius 2 is 1.65 bits per heavy atom. The number of benzene rings is 3. The van der Waals surface area contributed by atoms with Crippen molar-refractivity contribution in [3.05, 3.63) is 83.4 Å². The smallest absolute Gasteiger partial charge is 0.418 e. The number of rotatable bonds is 7. The van der Waals surface area contributed by atoms with Crippen LogP contribution in [0.2, 0.25) is 0 Å². The Hall–Kier alpha value is -3.68. The van der Waals surface area contributed by atoms with Crippen molar-refractivity contribution in [3.8, 4) is 17.2 Å². The summed E-state index contributed by atoms with van der Waals surface area (Å²) < 4.78 is 55.8. The molecule has 0 saturated heterocycles. The quantitative estimate of drug-likeness (QED) is 0.533. The normalized spacial score (nSPS) is 11.0. The second-order valence-electron chi connectivity index (χ2n) is 6.49. The summed E-state index contributed by atoms with van der Waals surface area (Å²) in [7, 11) is 3.02. The molecule has 1 amide bonds. The van der Waals surface area contributed by atoms with Crippen LogP contribution in [0.3, 0.4) is 0 Å². The molecule has 0 spiro atoms. The zero-order valence-corrected chi connectivity index (χ0v) is 16.8. The van der Waals surface area contributed by atoms with Gasteiger partial charge in [-0.15, -0.1) is 0 Å². The van der Waals surface area contributed by atoms with E-state index in [-0.39, 0.29) is 17.9 Å². The van der Waals surface area contributed by atoms with E-state index >= 15 is 0 Å². The summed E-state index contributed by atoms with van der Waals surface area (Å²) in [6.45, 7) is 0.0800. The highest BCUT2D eigenvalue weighted by Crippen LogP contribution is 2.35. The number of para-hydroxylation sites is 1. The summed E-state index contributed by atoms with van der Waals surface area (Å²) in [6, 6.07) is 16.4. The first-order valence-electron chi connectivity index (χ1n) is 9.23. The molecule has 0 radical (unpaired) electrons. The van der Waals surface area contributed by atoms with Gasteiger partial charge in [0.2, 0.25) is 0 Å². The van der Waals surface area contributed by atoms with Crippen LogP contribution >= 0.6 is 0 Å². The molecule has 0 aromatic heterocycles. The monoisotopic (exact) mass is 431 g/mol. The van der Waals surface area contributed by atoms with Crippen LogP contribution in [0.4, 0.5) is 18.9 Å². The van der Waals surface area contributed by atoms with Gasteiger partial charge in [-0.3, -0.25) is 4.79 Å². The van der Waals surface area contributed by atoms with Gasteiger partial charge < -0.3 is 19.5 Å². The third-order valence-electron chi connectivity index (χ3n) is 4.46. The lowest BCUT2D eigenvalue weighted by molar-refractivity contribution is -0.136. The lowest BCUT2D eigenvalue weighted by Gasteiger charge is -2.15.